The Morgan fingerprint density at radius 1 is 1.31 bits per heavy atom. The largest absolute Gasteiger partial charge is 0.361 e. The van der Waals surface area contributed by atoms with Crippen molar-refractivity contribution < 1.29 is 4.52 Å². The Morgan fingerprint density at radius 2 is 2.07 bits per heavy atom. The van der Waals surface area contributed by atoms with Gasteiger partial charge in [0.1, 0.15) is 5.76 Å². The first-order valence-corrected chi connectivity index (χ1v) is 11.1. The van der Waals surface area contributed by atoms with Gasteiger partial charge in [0.05, 0.1) is 5.69 Å². The van der Waals surface area contributed by atoms with E-state index in [4.69, 9.17) is 16.1 Å². The van der Waals surface area contributed by atoms with Crippen LogP contribution in [0.3, 0.4) is 0 Å². The smallest absolute Gasteiger partial charge is 0.193 e. The van der Waals surface area contributed by atoms with Gasteiger partial charge in [-0.3, -0.25) is 9.89 Å². The molecule has 1 aliphatic rings. The van der Waals surface area contributed by atoms with Crippen molar-refractivity contribution in [2.75, 3.05) is 46.0 Å². The molecule has 0 radical (unpaired) electrons. The average molecular weight is 550 g/mol. The van der Waals surface area contributed by atoms with E-state index in [0.29, 0.717) is 5.25 Å². The Balaban J connectivity index is 0.00000300. The van der Waals surface area contributed by atoms with E-state index in [9.17, 15) is 0 Å². The molecule has 1 saturated heterocycles. The summed E-state index contributed by atoms with van der Waals surface area (Å²) in [5.41, 5.74) is 2.23. The first-order valence-electron chi connectivity index (χ1n) is 9.47. The zero-order valence-corrected chi connectivity index (χ0v) is 21.0. The molecule has 1 aliphatic heterocycles. The summed E-state index contributed by atoms with van der Waals surface area (Å²) in [4.78, 5) is 9.21. The Labute approximate surface area is 199 Å². The molecule has 160 valence electrons. The minimum atomic E-state index is 0. The minimum absolute atomic E-state index is 0. The molecule has 1 unspecified atom stereocenters. The van der Waals surface area contributed by atoms with Crippen molar-refractivity contribution in [1.82, 2.24) is 20.3 Å². The van der Waals surface area contributed by atoms with Gasteiger partial charge < -0.3 is 14.7 Å². The third-order valence-electron chi connectivity index (χ3n) is 4.90. The molecule has 1 atom stereocenters. The number of nitrogens with zero attached hydrogens (tertiary/aromatic N) is 4. The van der Waals surface area contributed by atoms with E-state index in [1.807, 2.05) is 50.0 Å². The molecule has 1 aromatic heterocycles. The van der Waals surface area contributed by atoms with Crippen molar-refractivity contribution in [2.45, 2.75) is 18.7 Å². The predicted molar refractivity (Wildman–Crippen MR) is 133 cm³/mol. The number of aliphatic imine (C=N–C) groups is 1. The second-order valence-corrected chi connectivity index (χ2v) is 8.38. The molecule has 0 amide bonds. The number of hydrogen-bond donors (Lipinski definition) is 1. The number of rotatable bonds is 6. The van der Waals surface area contributed by atoms with E-state index in [1.165, 1.54) is 5.56 Å². The van der Waals surface area contributed by atoms with Crippen molar-refractivity contribution in [2.24, 2.45) is 4.99 Å². The number of nitrogens with one attached hydrogen (secondary N) is 1. The summed E-state index contributed by atoms with van der Waals surface area (Å²) in [6.45, 7) is 7.41. The van der Waals surface area contributed by atoms with Gasteiger partial charge in [0.2, 0.25) is 0 Å². The second-order valence-electron chi connectivity index (χ2n) is 6.90. The van der Waals surface area contributed by atoms with Gasteiger partial charge in [0.25, 0.3) is 0 Å². The summed E-state index contributed by atoms with van der Waals surface area (Å²) in [5.74, 6) is 1.82. The first kappa shape index (κ1) is 24.3. The van der Waals surface area contributed by atoms with E-state index in [-0.39, 0.29) is 24.0 Å². The molecule has 3 rings (SSSR count). The zero-order valence-electron chi connectivity index (χ0n) is 17.1. The van der Waals surface area contributed by atoms with E-state index >= 15 is 0 Å². The van der Waals surface area contributed by atoms with Gasteiger partial charge in [-0.05, 0) is 30.9 Å². The maximum atomic E-state index is 6.15. The zero-order chi connectivity index (χ0) is 19.9. The van der Waals surface area contributed by atoms with Gasteiger partial charge >= 0.3 is 0 Å². The summed E-state index contributed by atoms with van der Waals surface area (Å²) in [5, 5.41) is 8.74. The quantitative estimate of drug-likeness (QED) is 0.333. The molecule has 0 saturated carbocycles. The Morgan fingerprint density at radius 3 is 2.66 bits per heavy atom. The van der Waals surface area contributed by atoms with Gasteiger partial charge in [-0.15, -0.1) is 24.0 Å². The van der Waals surface area contributed by atoms with Crippen LogP contribution < -0.4 is 5.32 Å². The van der Waals surface area contributed by atoms with Gasteiger partial charge in [-0.2, -0.15) is 11.8 Å². The van der Waals surface area contributed by atoms with Gasteiger partial charge in [-0.1, -0.05) is 28.9 Å². The highest BCUT2D eigenvalue weighted by Gasteiger charge is 2.21. The Hall–Kier alpha value is -0.970. The second kappa shape index (κ2) is 12.0. The number of piperazine rings is 1. The van der Waals surface area contributed by atoms with Crippen LogP contribution in [0.5, 0.6) is 0 Å². The molecule has 0 bridgehead atoms. The Bertz CT molecular complexity index is 795. The van der Waals surface area contributed by atoms with Gasteiger partial charge in [0.15, 0.2) is 5.96 Å². The normalized spacial score (nSPS) is 16.4. The molecule has 6 nitrogen and oxygen atoms in total. The topological polar surface area (TPSA) is 56.9 Å². The lowest BCUT2D eigenvalue weighted by molar-refractivity contribution is 0.169. The van der Waals surface area contributed by atoms with E-state index < -0.39 is 0 Å². The van der Waals surface area contributed by atoms with Crippen LogP contribution in [0.2, 0.25) is 5.02 Å². The van der Waals surface area contributed by atoms with Crippen LogP contribution in [-0.4, -0.2) is 66.9 Å². The third kappa shape index (κ3) is 7.04. The monoisotopic (exact) mass is 549 g/mol. The van der Waals surface area contributed by atoms with Crippen LogP contribution in [0.1, 0.15) is 22.3 Å². The number of aryl methyl sites for hydroxylation is 1. The Kier molecular flexibility index (Phi) is 10.1. The van der Waals surface area contributed by atoms with Crippen molar-refractivity contribution in [3.8, 4) is 0 Å². The minimum Gasteiger partial charge on any atom is -0.361 e. The first-order chi connectivity index (χ1) is 13.6. The molecule has 1 fully saturated rings. The molecule has 2 heterocycles. The van der Waals surface area contributed by atoms with Crippen LogP contribution in [-0.2, 0) is 6.54 Å². The fourth-order valence-corrected chi connectivity index (χ4v) is 4.27. The van der Waals surface area contributed by atoms with Crippen LogP contribution in [0.15, 0.2) is 39.8 Å². The highest BCUT2D eigenvalue weighted by atomic mass is 127. The number of benzene rings is 1. The van der Waals surface area contributed by atoms with Crippen LogP contribution in [0, 0.1) is 6.92 Å². The summed E-state index contributed by atoms with van der Waals surface area (Å²) in [7, 11) is 1.85. The third-order valence-corrected chi connectivity index (χ3v) is 6.14. The van der Waals surface area contributed by atoms with Crippen molar-refractivity contribution in [3.05, 3.63) is 52.4 Å². The fourth-order valence-electron chi connectivity index (χ4n) is 3.40. The van der Waals surface area contributed by atoms with Crippen molar-refractivity contribution >= 4 is 53.3 Å². The molecule has 9 heteroatoms. The molecule has 2 aromatic rings. The number of hydrogen-bond acceptors (Lipinski definition) is 5. The molecule has 0 aliphatic carbocycles. The molecular formula is C20H29ClIN5OS. The van der Waals surface area contributed by atoms with Crippen LogP contribution in [0.25, 0.3) is 0 Å². The van der Waals surface area contributed by atoms with Gasteiger partial charge in [0, 0.05) is 62.7 Å². The lowest BCUT2D eigenvalue weighted by Gasteiger charge is -2.36. The van der Waals surface area contributed by atoms with Crippen LogP contribution in [0.4, 0.5) is 0 Å². The summed E-state index contributed by atoms with van der Waals surface area (Å²) >= 11 is 7.97. The molecule has 0 spiro atoms. The molecule has 29 heavy (non-hydrogen) atoms. The van der Waals surface area contributed by atoms with E-state index in [0.717, 1.165) is 61.7 Å². The summed E-state index contributed by atoms with van der Waals surface area (Å²) < 4.78 is 5.17. The maximum Gasteiger partial charge on any atom is 0.193 e. The maximum absolute atomic E-state index is 6.15. The lowest BCUT2D eigenvalue weighted by atomic mass is 10.1. The van der Waals surface area contributed by atoms with Crippen LogP contribution >= 0.6 is 47.3 Å². The number of guanidine groups is 1. The summed E-state index contributed by atoms with van der Waals surface area (Å²) in [6, 6.07) is 10.1. The van der Waals surface area contributed by atoms with Crippen molar-refractivity contribution in [3.63, 3.8) is 0 Å². The highest BCUT2D eigenvalue weighted by molar-refractivity contribution is 14.0. The van der Waals surface area contributed by atoms with Gasteiger partial charge in [-0.25, -0.2) is 0 Å². The van der Waals surface area contributed by atoms with E-state index in [1.54, 1.807) is 0 Å². The molecule has 1 N–H and O–H groups in total. The highest BCUT2D eigenvalue weighted by Crippen LogP contribution is 2.27. The van der Waals surface area contributed by atoms with E-state index in [2.05, 4.69) is 37.6 Å². The SMILES string of the molecule is CN=C(NCC(SC)c1cccc(Cl)c1)N1CCN(Cc2cc(C)on2)CC1.I. The standard InChI is InChI=1S/C20H28ClN5OS.HI/c1-15-11-18(24-27-15)14-25-7-9-26(10-8-25)20(22-2)23-13-19(28-3)16-5-4-6-17(21)12-16;/h4-6,11-12,19H,7-10,13-14H2,1-3H3,(H,22,23);1H. The van der Waals surface area contributed by atoms with Crippen molar-refractivity contribution in [1.29, 1.82) is 0 Å². The fraction of sp³-hybridized carbons (Fsp3) is 0.500. The summed E-state index contributed by atoms with van der Waals surface area (Å²) in [6.07, 6.45) is 2.13. The number of aromatic nitrogens is 1. The lowest BCUT2D eigenvalue weighted by Crippen LogP contribution is -2.52. The predicted octanol–water partition coefficient (Wildman–Crippen LogP) is 4.05. The average Bonchev–Trinajstić information content (AvgIpc) is 3.11. The molecular weight excluding hydrogens is 521 g/mol. The number of halogens is 2. The number of thioether (sulfide) groups is 1. The molecule has 1 aromatic carbocycles.